The second kappa shape index (κ2) is 12.2. The summed E-state index contributed by atoms with van der Waals surface area (Å²) < 4.78 is 27.0. The van der Waals surface area contributed by atoms with Gasteiger partial charge in [-0.25, -0.2) is 8.42 Å². The van der Waals surface area contributed by atoms with Gasteiger partial charge < -0.3 is 5.32 Å². The Morgan fingerprint density at radius 2 is 1.59 bits per heavy atom. The van der Waals surface area contributed by atoms with E-state index in [1.165, 1.54) is 11.4 Å². The number of carbonyl (C=O) groups is 1. The number of carbonyl (C=O) groups excluding carboxylic acids is 1. The minimum atomic E-state index is -3.70. The highest BCUT2D eigenvalue weighted by molar-refractivity contribution is 7.98. The highest BCUT2D eigenvalue weighted by Gasteiger charge is 2.21. The molecule has 0 aliphatic carbocycles. The lowest BCUT2D eigenvalue weighted by Crippen LogP contribution is -2.27. The topological polar surface area (TPSA) is 66.5 Å². The summed E-state index contributed by atoms with van der Waals surface area (Å²) in [5.74, 6) is 1.13. The van der Waals surface area contributed by atoms with Gasteiger partial charge in [0.15, 0.2) is 0 Å². The van der Waals surface area contributed by atoms with Gasteiger partial charge in [-0.05, 0) is 72.5 Å². The molecule has 34 heavy (non-hydrogen) atoms. The number of hydrogen-bond donors (Lipinski definition) is 1. The molecule has 0 radical (unpaired) electrons. The summed E-state index contributed by atoms with van der Waals surface area (Å²) in [4.78, 5) is 13.7. The van der Waals surface area contributed by atoms with E-state index in [-0.39, 0.29) is 10.8 Å². The molecule has 0 atom stereocenters. The number of amides is 1. The monoisotopic (exact) mass is 554 g/mol. The molecule has 3 aromatic rings. The standard InChI is InChI=1S/C24H24Cl2N2O3S3/c1-28(34(30,31)20-12-10-19(32-2)11-13-20)18-8-6-17(7-9-18)24(29)27-14-15-33-16-21-22(25)4-3-5-23(21)26/h3-13H,14-16H2,1-2H3,(H,27,29). The fourth-order valence-electron chi connectivity index (χ4n) is 3.05. The predicted molar refractivity (Wildman–Crippen MR) is 145 cm³/mol. The lowest BCUT2D eigenvalue weighted by atomic mass is 10.2. The number of nitrogens with one attached hydrogen (secondary N) is 1. The van der Waals surface area contributed by atoms with E-state index in [1.807, 2.05) is 6.26 Å². The number of nitrogens with zero attached hydrogens (tertiary/aromatic N) is 1. The SMILES string of the molecule is CSc1ccc(S(=O)(=O)N(C)c2ccc(C(=O)NCCSCc3c(Cl)cccc3Cl)cc2)cc1. The van der Waals surface area contributed by atoms with E-state index in [2.05, 4.69) is 5.32 Å². The fourth-order valence-corrected chi connectivity index (χ4v) is 6.25. The van der Waals surface area contributed by atoms with Crippen molar-refractivity contribution in [3.05, 3.63) is 87.9 Å². The first-order valence-electron chi connectivity index (χ1n) is 10.3. The van der Waals surface area contributed by atoms with Gasteiger partial charge in [-0.2, -0.15) is 11.8 Å². The second-order valence-electron chi connectivity index (χ2n) is 7.20. The van der Waals surface area contributed by atoms with Crippen LogP contribution < -0.4 is 9.62 Å². The van der Waals surface area contributed by atoms with Crippen molar-refractivity contribution in [1.82, 2.24) is 5.32 Å². The van der Waals surface area contributed by atoms with Crippen LogP contribution in [0.15, 0.2) is 76.5 Å². The molecule has 3 rings (SSSR count). The normalized spacial score (nSPS) is 11.3. The average molecular weight is 556 g/mol. The second-order valence-corrected chi connectivity index (χ2v) is 12.0. The molecule has 0 fully saturated rings. The summed E-state index contributed by atoms with van der Waals surface area (Å²) in [5, 5.41) is 4.14. The molecule has 3 aromatic carbocycles. The van der Waals surface area contributed by atoms with E-state index >= 15 is 0 Å². The molecule has 0 aliphatic rings. The van der Waals surface area contributed by atoms with E-state index in [0.29, 0.717) is 39.3 Å². The Balaban J connectivity index is 1.53. The molecule has 10 heteroatoms. The van der Waals surface area contributed by atoms with E-state index in [1.54, 1.807) is 90.3 Å². The van der Waals surface area contributed by atoms with Gasteiger partial charge in [0.05, 0.1) is 10.6 Å². The first-order chi connectivity index (χ1) is 16.2. The van der Waals surface area contributed by atoms with Crippen LogP contribution in [0.1, 0.15) is 15.9 Å². The molecule has 0 heterocycles. The quantitative estimate of drug-likeness (QED) is 0.238. The van der Waals surface area contributed by atoms with Gasteiger partial charge in [-0.3, -0.25) is 9.10 Å². The highest BCUT2D eigenvalue weighted by atomic mass is 35.5. The smallest absolute Gasteiger partial charge is 0.264 e. The molecule has 1 amide bonds. The third-order valence-corrected chi connectivity index (χ3v) is 9.29. The van der Waals surface area contributed by atoms with Crippen molar-refractivity contribution in [2.75, 3.05) is 29.9 Å². The number of hydrogen-bond acceptors (Lipinski definition) is 5. The van der Waals surface area contributed by atoms with Crippen molar-refractivity contribution in [1.29, 1.82) is 0 Å². The molecule has 0 unspecified atom stereocenters. The van der Waals surface area contributed by atoms with E-state index in [9.17, 15) is 13.2 Å². The zero-order valence-electron chi connectivity index (χ0n) is 18.6. The zero-order chi connectivity index (χ0) is 24.7. The van der Waals surface area contributed by atoms with Crippen LogP contribution in [0.3, 0.4) is 0 Å². The minimum absolute atomic E-state index is 0.213. The number of benzene rings is 3. The first-order valence-corrected chi connectivity index (χ1v) is 14.8. The molecule has 180 valence electrons. The predicted octanol–water partition coefficient (Wildman–Crippen LogP) is 6.20. The van der Waals surface area contributed by atoms with Crippen LogP contribution in [0, 0.1) is 0 Å². The van der Waals surface area contributed by atoms with Crippen LogP contribution in [0.5, 0.6) is 0 Å². The Hall–Kier alpha value is -1.84. The maximum atomic E-state index is 12.9. The van der Waals surface area contributed by atoms with Crippen molar-refractivity contribution in [2.24, 2.45) is 0 Å². The zero-order valence-corrected chi connectivity index (χ0v) is 22.6. The Morgan fingerprint density at radius 3 is 2.18 bits per heavy atom. The summed E-state index contributed by atoms with van der Waals surface area (Å²) in [6.45, 7) is 0.480. The van der Waals surface area contributed by atoms with Crippen molar-refractivity contribution in [3.63, 3.8) is 0 Å². The minimum Gasteiger partial charge on any atom is -0.351 e. The molecule has 5 nitrogen and oxygen atoms in total. The molecule has 0 aliphatic heterocycles. The van der Waals surface area contributed by atoms with Gasteiger partial charge in [0, 0.05) is 45.6 Å². The molecule has 0 saturated carbocycles. The van der Waals surface area contributed by atoms with Crippen LogP contribution in [0.4, 0.5) is 5.69 Å². The van der Waals surface area contributed by atoms with Gasteiger partial charge in [-0.1, -0.05) is 29.3 Å². The lowest BCUT2D eigenvalue weighted by Gasteiger charge is -2.20. The molecule has 0 saturated heterocycles. The van der Waals surface area contributed by atoms with Gasteiger partial charge >= 0.3 is 0 Å². The Labute approximate surface area is 219 Å². The average Bonchev–Trinajstić information content (AvgIpc) is 2.85. The number of halogens is 2. The fraction of sp³-hybridized carbons (Fsp3) is 0.208. The number of sulfonamides is 1. The molecule has 0 spiro atoms. The summed E-state index contributed by atoms with van der Waals surface area (Å²) in [7, 11) is -2.20. The van der Waals surface area contributed by atoms with Crippen LogP contribution in [-0.4, -0.2) is 39.9 Å². The molecule has 1 N–H and O–H groups in total. The molecular weight excluding hydrogens is 531 g/mol. The maximum Gasteiger partial charge on any atom is 0.264 e. The summed E-state index contributed by atoms with van der Waals surface area (Å²) in [6.07, 6.45) is 1.93. The number of rotatable bonds is 10. The van der Waals surface area contributed by atoms with Gasteiger partial charge in [0.2, 0.25) is 0 Å². The van der Waals surface area contributed by atoms with Gasteiger partial charge in [-0.15, -0.1) is 11.8 Å². The van der Waals surface area contributed by atoms with Crippen molar-refractivity contribution in [2.45, 2.75) is 15.5 Å². The third-order valence-electron chi connectivity index (χ3n) is 5.05. The molecule has 0 aromatic heterocycles. The van der Waals surface area contributed by atoms with Crippen LogP contribution in [0.25, 0.3) is 0 Å². The molecular formula is C24H24Cl2N2O3S3. The number of thioether (sulfide) groups is 2. The summed E-state index contributed by atoms with van der Waals surface area (Å²) >= 11 is 15.5. The Morgan fingerprint density at radius 1 is 0.971 bits per heavy atom. The number of anilines is 1. The highest BCUT2D eigenvalue weighted by Crippen LogP contribution is 2.28. The van der Waals surface area contributed by atoms with Gasteiger partial charge in [0.1, 0.15) is 0 Å². The van der Waals surface area contributed by atoms with E-state index in [4.69, 9.17) is 23.2 Å². The Bertz CT molecular complexity index is 1220. The summed E-state index contributed by atoms with van der Waals surface area (Å²) in [6, 6.07) is 18.6. The summed E-state index contributed by atoms with van der Waals surface area (Å²) in [5.41, 5.74) is 1.81. The van der Waals surface area contributed by atoms with Crippen molar-refractivity contribution < 1.29 is 13.2 Å². The van der Waals surface area contributed by atoms with Crippen LogP contribution in [0.2, 0.25) is 10.0 Å². The van der Waals surface area contributed by atoms with Gasteiger partial charge in [0.25, 0.3) is 15.9 Å². The van der Waals surface area contributed by atoms with Crippen molar-refractivity contribution >= 4 is 68.3 Å². The first kappa shape index (κ1) is 26.8. The van der Waals surface area contributed by atoms with Crippen LogP contribution >= 0.6 is 46.7 Å². The third kappa shape index (κ3) is 6.64. The van der Waals surface area contributed by atoms with Crippen molar-refractivity contribution in [3.8, 4) is 0 Å². The van der Waals surface area contributed by atoms with Crippen LogP contribution in [-0.2, 0) is 15.8 Å². The van der Waals surface area contributed by atoms with E-state index < -0.39 is 10.0 Å². The Kier molecular flexibility index (Phi) is 9.62. The van der Waals surface area contributed by atoms with E-state index in [0.717, 1.165) is 10.5 Å². The maximum absolute atomic E-state index is 12.9. The lowest BCUT2D eigenvalue weighted by molar-refractivity contribution is 0.0956. The largest absolute Gasteiger partial charge is 0.351 e. The molecule has 0 bridgehead atoms.